The average molecular weight is 425 g/mol. The molecule has 1 saturated carbocycles. The summed E-state index contributed by atoms with van der Waals surface area (Å²) in [7, 11) is 0. The predicted molar refractivity (Wildman–Crippen MR) is 119 cm³/mol. The number of carbonyl (C=O) groups is 2. The topological polar surface area (TPSA) is 89.4 Å². The predicted octanol–water partition coefficient (Wildman–Crippen LogP) is 5.46. The van der Waals surface area contributed by atoms with Gasteiger partial charge >= 0.3 is 11.9 Å². The smallest absolute Gasteiger partial charge is 0.356 e. The molecule has 0 saturated heterocycles. The summed E-state index contributed by atoms with van der Waals surface area (Å²) in [6.45, 7) is 9.21. The quantitative estimate of drug-likeness (QED) is 0.641. The molecule has 166 valence electrons. The van der Waals surface area contributed by atoms with Crippen molar-refractivity contribution in [2.75, 3.05) is 0 Å². The van der Waals surface area contributed by atoms with Crippen LogP contribution in [0.4, 0.5) is 0 Å². The van der Waals surface area contributed by atoms with Crippen LogP contribution in [-0.2, 0) is 9.53 Å². The van der Waals surface area contributed by atoms with Gasteiger partial charge in [0.15, 0.2) is 5.69 Å². The van der Waals surface area contributed by atoms with Gasteiger partial charge in [0.25, 0.3) is 0 Å². The number of esters is 1. The van der Waals surface area contributed by atoms with Gasteiger partial charge in [-0.15, -0.1) is 0 Å². The number of hydrogen-bond acceptors (Lipinski definition) is 5. The minimum Gasteiger partial charge on any atom is -0.476 e. The monoisotopic (exact) mass is 424 g/mol. The minimum atomic E-state index is -1.06. The Bertz CT molecular complexity index is 953. The Morgan fingerprint density at radius 2 is 1.61 bits per heavy atom. The first-order valence-electron chi connectivity index (χ1n) is 10.9. The normalized spacial score (nSPS) is 19.1. The summed E-state index contributed by atoms with van der Waals surface area (Å²) in [5.41, 5.74) is 3.46. The second-order valence-electron chi connectivity index (χ2n) is 9.53. The number of carbonyl (C=O) groups excluding carboxylic acids is 1. The molecular formula is C25H32N2O4. The second-order valence-corrected chi connectivity index (χ2v) is 9.53. The standard InChI is InChI=1S/C25H32N2O4/c1-15-22(27-23(24(29)30)16(2)26-15)20-12-10-19(11-13-20)18-8-6-17(7-9-18)14-21(28)31-25(3,4)5/h10-13,17-18H,6-9,14H2,1-5H3,(H,29,30). The third kappa shape index (κ3) is 5.90. The van der Waals surface area contributed by atoms with Crippen molar-refractivity contribution >= 4 is 11.9 Å². The van der Waals surface area contributed by atoms with E-state index in [1.54, 1.807) is 6.92 Å². The molecule has 0 aliphatic heterocycles. The molecule has 0 spiro atoms. The van der Waals surface area contributed by atoms with Crippen LogP contribution in [0.3, 0.4) is 0 Å². The van der Waals surface area contributed by atoms with E-state index in [-0.39, 0.29) is 11.7 Å². The number of aromatic carboxylic acids is 1. The fourth-order valence-corrected chi connectivity index (χ4v) is 4.34. The van der Waals surface area contributed by atoms with E-state index in [2.05, 4.69) is 22.1 Å². The molecule has 0 radical (unpaired) electrons. The molecule has 1 heterocycles. The van der Waals surface area contributed by atoms with Crippen LogP contribution >= 0.6 is 0 Å². The summed E-state index contributed by atoms with van der Waals surface area (Å²) in [5, 5.41) is 9.34. The van der Waals surface area contributed by atoms with Gasteiger partial charge in [0.05, 0.1) is 17.1 Å². The Morgan fingerprint density at radius 3 is 2.16 bits per heavy atom. The molecule has 6 heteroatoms. The van der Waals surface area contributed by atoms with E-state index >= 15 is 0 Å². The molecule has 1 aliphatic carbocycles. The van der Waals surface area contributed by atoms with Gasteiger partial charge in [0.1, 0.15) is 5.60 Å². The SMILES string of the molecule is Cc1nc(C)c(-c2ccc(C3CCC(CC(=O)OC(C)(C)C)CC3)cc2)nc1C(=O)O. The summed E-state index contributed by atoms with van der Waals surface area (Å²) >= 11 is 0. The summed E-state index contributed by atoms with van der Waals surface area (Å²) in [6.07, 6.45) is 4.66. The number of carboxylic acids is 1. The first kappa shape index (κ1) is 22.9. The van der Waals surface area contributed by atoms with Gasteiger partial charge < -0.3 is 9.84 Å². The Morgan fingerprint density at radius 1 is 1.00 bits per heavy atom. The van der Waals surface area contributed by atoms with Crippen LogP contribution in [0.15, 0.2) is 24.3 Å². The molecule has 31 heavy (non-hydrogen) atoms. The van der Waals surface area contributed by atoms with Gasteiger partial charge in [0, 0.05) is 12.0 Å². The second kappa shape index (κ2) is 9.16. The highest BCUT2D eigenvalue weighted by Crippen LogP contribution is 2.38. The van der Waals surface area contributed by atoms with Crippen molar-refractivity contribution < 1.29 is 19.4 Å². The van der Waals surface area contributed by atoms with Crippen LogP contribution in [0.25, 0.3) is 11.3 Å². The Hall–Kier alpha value is -2.76. The van der Waals surface area contributed by atoms with Gasteiger partial charge in [-0.2, -0.15) is 0 Å². The zero-order valence-electron chi connectivity index (χ0n) is 19.1. The van der Waals surface area contributed by atoms with E-state index in [1.807, 2.05) is 39.8 Å². The zero-order valence-corrected chi connectivity index (χ0v) is 19.1. The van der Waals surface area contributed by atoms with Crippen LogP contribution in [-0.4, -0.2) is 32.6 Å². The number of hydrogen-bond donors (Lipinski definition) is 1. The first-order chi connectivity index (χ1) is 14.5. The Balaban J connectivity index is 1.64. The van der Waals surface area contributed by atoms with E-state index in [4.69, 9.17) is 4.74 Å². The molecular weight excluding hydrogens is 392 g/mol. The van der Waals surface area contributed by atoms with Gasteiger partial charge in [-0.1, -0.05) is 24.3 Å². The molecule has 6 nitrogen and oxygen atoms in total. The summed E-state index contributed by atoms with van der Waals surface area (Å²) in [4.78, 5) is 32.2. The molecule has 0 amide bonds. The molecule has 1 aromatic heterocycles. The van der Waals surface area contributed by atoms with Gasteiger partial charge in [0.2, 0.25) is 0 Å². The molecule has 1 aromatic carbocycles. The average Bonchev–Trinajstić information content (AvgIpc) is 2.67. The van der Waals surface area contributed by atoms with Crippen molar-refractivity contribution in [1.29, 1.82) is 0 Å². The third-order valence-corrected chi connectivity index (χ3v) is 5.82. The number of aromatic nitrogens is 2. The van der Waals surface area contributed by atoms with Crippen molar-refractivity contribution in [3.63, 3.8) is 0 Å². The number of rotatable bonds is 5. The lowest BCUT2D eigenvalue weighted by Gasteiger charge is -2.29. The molecule has 1 N–H and O–H groups in total. The lowest BCUT2D eigenvalue weighted by atomic mass is 9.77. The Kier molecular flexibility index (Phi) is 6.77. The Labute approximate surface area is 184 Å². The van der Waals surface area contributed by atoms with Crippen molar-refractivity contribution in [3.05, 3.63) is 46.9 Å². The summed E-state index contributed by atoms with van der Waals surface area (Å²) < 4.78 is 5.46. The van der Waals surface area contributed by atoms with Gasteiger partial charge in [-0.3, -0.25) is 9.78 Å². The maximum atomic E-state index is 12.1. The van der Waals surface area contributed by atoms with Crippen LogP contribution in [0.2, 0.25) is 0 Å². The van der Waals surface area contributed by atoms with E-state index in [1.165, 1.54) is 5.56 Å². The van der Waals surface area contributed by atoms with Crippen molar-refractivity contribution in [3.8, 4) is 11.3 Å². The largest absolute Gasteiger partial charge is 0.476 e. The highest BCUT2D eigenvalue weighted by Gasteiger charge is 2.26. The number of nitrogens with zero attached hydrogens (tertiary/aromatic N) is 2. The van der Waals surface area contributed by atoms with Crippen LogP contribution in [0, 0.1) is 19.8 Å². The summed E-state index contributed by atoms with van der Waals surface area (Å²) in [5.74, 6) is -0.296. The molecule has 0 bridgehead atoms. The third-order valence-electron chi connectivity index (χ3n) is 5.82. The fraction of sp³-hybridized carbons (Fsp3) is 0.520. The minimum absolute atomic E-state index is 0.00649. The number of ether oxygens (including phenoxy) is 1. The van der Waals surface area contributed by atoms with Gasteiger partial charge in [-0.05, 0) is 77.7 Å². The molecule has 0 unspecified atom stereocenters. The highest BCUT2D eigenvalue weighted by atomic mass is 16.6. The lowest BCUT2D eigenvalue weighted by molar-refractivity contribution is -0.156. The van der Waals surface area contributed by atoms with Crippen molar-refractivity contribution in [1.82, 2.24) is 9.97 Å². The van der Waals surface area contributed by atoms with Gasteiger partial charge in [-0.25, -0.2) is 9.78 Å². The lowest BCUT2D eigenvalue weighted by Crippen LogP contribution is -2.26. The van der Waals surface area contributed by atoms with Crippen molar-refractivity contribution in [2.45, 2.75) is 78.2 Å². The summed E-state index contributed by atoms with van der Waals surface area (Å²) in [6, 6.07) is 8.21. The van der Waals surface area contributed by atoms with E-state index < -0.39 is 11.6 Å². The molecule has 1 fully saturated rings. The van der Waals surface area contributed by atoms with E-state index in [0.717, 1.165) is 36.9 Å². The molecule has 3 rings (SSSR count). The molecule has 2 aromatic rings. The van der Waals surface area contributed by atoms with Crippen LogP contribution in [0.1, 0.15) is 86.2 Å². The van der Waals surface area contributed by atoms with E-state index in [0.29, 0.717) is 29.6 Å². The number of aryl methyl sites for hydroxylation is 2. The van der Waals surface area contributed by atoms with Crippen LogP contribution in [0.5, 0.6) is 0 Å². The van der Waals surface area contributed by atoms with E-state index in [9.17, 15) is 14.7 Å². The maximum absolute atomic E-state index is 12.1. The van der Waals surface area contributed by atoms with Crippen molar-refractivity contribution in [2.24, 2.45) is 5.92 Å². The molecule has 0 atom stereocenters. The maximum Gasteiger partial charge on any atom is 0.356 e. The highest BCUT2D eigenvalue weighted by molar-refractivity contribution is 5.87. The molecule has 1 aliphatic rings. The van der Waals surface area contributed by atoms with Crippen LogP contribution < -0.4 is 0 Å². The first-order valence-corrected chi connectivity index (χ1v) is 10.9. The number of carboxylic acid groups (broad SMARTS) is 1. The fourth-order valence-electron chi connectivity index (χ4n) is 4.34. The number of benzene rings is 1. The zero-order chi connectivity index (χ0) is 22.8.